The van der Waals surface area contributed by atoms with E-state index in [-0.39, 0.29) is 21.2 Å². The second-order valence-corrected chi connectivity index (χ2v) is 5.22. The van der Waals surface area contributed by atoms with Gasteiger partial charge in [0.25, 0.3) is 6.43 Å². The van der Waals surface area contributed by atoms with Crippen LogP contribution >= 0.6 is 23.2 Å². The molecule has 19 heavy (non-hydrogen) atoms. The molecule has 0 amide bonds. The van der Waals surface area contributed by atoms with E-state index in [1.54, 1.807) is 0 Å². The fourth-order valence-electron chi connectivity index (χ4n) is 2.49. The molecule has 2 unspecified atom stereocenters. The van der Waals surface area contributed by atoms with Crippen LogP contribution in [0.5, 0.6) is 0 Å². The quantitative estimate of drug-likeness (QED) is 0.849. The summed E-state index contributed by atoms with van der Waals surface area (Å²) >= 11 is 11.6. The topological polar surface area (TPSA) is 54.4 Å². The highest BCUT2D eigenvalue weighted by molar-refractivity contribution is 6.38. The first kappa shape index (κ1) is 14.2. The van der Waals surface area contributed by atoms with Crippen molar-refractivity contribution in [3.05, 3.63) is 33.3 Å². The number of benzene rings is 1. The Morgan fingerprint density at radius 3 is 2.47 bits per heavy atom. The Kier molecular flexibility index (Phi) is 3.31. The summed E-state index contributed by atoms with van der Waals surface area (Å²) in [5.74, 6) is -4.23. The zero-order valence-electron chi connectivity index (χ0n) is 9.58. The van der Waals surface area contributed by atoms with Gasteiger partial charge in [-0.3, -0.25) is 9.59 Å². The number of aliphatic carboxylic acids is 1. The molecule has 1 aromatic carbocycles. The van der Waals surface area contributed by atoms with Crippen LogP contribution < -0.4 is 0 Å². The molecule has 0 heterocycles. The van der Waals surface area contributed by atoms with E-state index in [4.69, 9.17) is 28.3 Å². The van der Waals surface area contributed by atoms with Crippen LogP contribution in [-0.4, -0.2) is 23.3 Å². The van der Waals surface area contributed by atoms with Crippen LogP contribution in [0.25, 0.3) is 0 Å². The van der Waals surface area contributed by atoms with E-state index in [0.29, 0.717) is 0 Å². The monoisotopic (exact) mass is 308 g/mol. The molecule has 1 aliphatic carbocycles. The second-order valence-electron chi connectivity index (χ2n) is 4.38. The average Bonchev–Trinajstić information content (AvgIpc) is 2.48. The number of hydrogen-bond acceptors (Lipinski definition) is 2. The molecule has 0 aromatic heterocycles. The summed E-state index contributed by atoms with van der Waals surface area (Å²) in [5.41, 5.74) is -2.83. The smallest absolute Gasteiger partial charge is 0.324 e. The summed E-state index contributed by atoms with van der Waals surface area (Å²) < 4.78 is 26.5. The van der Waals surface area contributed by atoms with Crippen molar-refractivity contribution in [2.45, 2.75) is 19.3 Å². The van der Waals surface area contributed by atoms with Gasteiger partial charge in [-0.2, -0.15) is 0 Å². The van der Waals surface area contributed by atoms with Gasteiger partial charge in [0.2, 0.25) is 0 Å². The Morgan fingerprint density at radius 1 is 1.42 bits per heavy atom. The predicted octanol–water partition coefficient (Wildman–Crippen LogP) is 3.63. The number of alkyl halides is 2. The number of Topliss-reactive ketones (excluding diaryl/α,β-unsaturated/α-hetero) is 1. The zero-order chi connectivity index (χ0) is 14.5. The van der Waals surface area contributed by atoms with Gasteiger partial charge in [0.1, 0.15) is 0 Å². The van der Waals surface area contributed by atoms with Gasteiger partial charge < -0.3 is 5.11 Å². The highest BCUT2D eigenvalue weighted by atomic mass is 35.5. The van der Waals surface area contributed by atoms with Crippen LogP contribution in [0, 0.1) is 5.41 Å². The molecule has 1 N–H and O–H groups in total. The number of carbonyl (C=O) groups is 2. The van der Waals surface area contributed by atoms with Gasteiger partial charge in [-0.1, -0.05) is 30.1 Å². The van der Waals surface area contributed by atoms with Crippen LogP contribution in [0.1, 0.15) is 28.8 Å². The van der Waals surface area contributed by atoms with Gasteiger partial charge in [0.15, 0.2) is 11.2 Å². The van der Waals surface area contributed by atoms with E-state index < -0.39 is 29.5 Å². The van der Waals surface area contributed by atoms with Gasteiger partial charge >= 0.3 is 5.97 Å². The molecule has 1 aliphatic rings. The lowest BCUT2D eigenvalue weighted by molar-refractivity contribution is -0.155. The lowest BCUT2D eigenvalue weighted by Gasteiger charge is -2.26. The van der Waals surface area contributed by atoms with Crippen LogP contribution in [0.4, 0.5) is 8.78 Å². The molecule has 3 nitrogen and oxygen atoms in total. The van der Waals surface area contributed by atoms with Gasteiger partial charge in [-0.25, -0.2) is 8.78 Å². The average molecular weight is 309 g/mol. The van der Waals surface area contributed by atoms with Crippen LogP contribution in [0.15, 0.2) is 12.1 Å². The van der Waals surface area contributed by atoms with Crippen molar-refractivity contribution in [2.75, 3.05) is 0 Å². The van der Waals surface area contributed by atoms with Crippen LogP contribution in [0.2, 0.25) is 10.0 Å². The second kappa shape index (κ2) is 4.42. The third kappa shape index (κ3) is 1.68. The summed E-state index contributed by atoms with van der Waals surface area (Å²) in [6, 6.07) is 2.54. The summed E-state index contributed by atoms with van der Waals surface area (Å²) in [7, 11) is 0. The SMILES string of the molecule is CC1c2cc(Cl)cc(Cl)c2C(=O)C1(C(=O)O)C(F)F. The van der Waals surface area contributed by atoms with E-state index in [1.807, 2.05) is 0 Å². The summed E-state index contributed by atoms with van der Waals surface area (Å²) in [4.78, 5) is 23.4. The standard InChI is InChI=1S/C12H8Cl2F2O3/c1-4-6-2-5(13)3-7(14)8(6)9(17)12(4,10(15)16)11(18)19/h2-4,10H,1H3,(H,18,19). The fraction of sp³-hybridized carbons (Fsp3) is 0.333. The maximum Gasteiger partial charge on any atom is 0.324 e. The number of carboxylic acids is 1. The number of halogens is 4. The van der Waals surface area contributed by atoms with E-state index in [0.717, 1.165) is 0 Å². The van der Waals surface area contributed by atoms with Crippen molar-refractivity contribution in [1.82, 2.24) is 0 Å². The number of ketones is 1. The lowest BCUT2D eigenvalue weighted by atomic mass is 9.76. The Labute approximate surface area is 117 Å². The first-order valence-corrected chi connectivity index (χ1v) is 6.05. The van der Waals surface area contributed by atoms with Crippen molar-refractivity contribution in [3.8, 4) is 0 Å². The van der Waals surface area contributed by atoms with Crippen molar-refractivity contribution in [1.29, 1.82) is 0 Å². The highest BCUT2D eigenvalue weighted by Gasteiger charge is 2.63. The first-order chi connectivity index (χ1) is 8.74. The maximum absolute atomic E-state index is 13.3. The molecule has 0 saturated carbocycles. The van der Waals surface area contributed by atoms with E-state index >= 15 is 0 Å². The fourth-order valence-corrected chi connectivity index (χ4v) is 3.08. The first-order valence-electron chi connectivity index (χ1n) is 5.29. The lowest BCUT2D eigenvalue weighted by Crippen LogP contribution is -2.45. The zero-order valence-corrected chi connectivity index (χ0v) is 11.1. The molecule has 102 valence electrons. The number of carboxylic acid groups (broad SMARTS) is 1. The number of hydrogen-bond donors (Lipinski definition) is 1. The van der Waals surface area contributed by atoms with Crippen molar-refractivity contribution >= 4 is 35.0 Å². The van der Waals surface area contributed by atoms with Crippen molar-refractivity contribution in [3.63, 3.8) is 0 Å². The number of carbonyl (C=O) groups excluding carboxylic acids is 1. The molecule has 1 aromatic rings. The van der Waals surface area contributed by atoms with E-state index in [9.17, 15) is 18.4 Å². The van der Waals surface area contributed by atoms with Gasteiger partial charge in [0.05, 0.1) is 5.02 Å². The van der Waals surface area contributed by atoms with E-state index in [2.05, 4.69) is 0 Å². The molecule has 0 radical (unpaired) electrons. The molecule has 0 saturated heterocycles. The molecule has 0 spiro atoms. The molecule has 0 bridgehead atoms. The van der Waals surface area contributed by atoms with Crippen LogP contribution in [0.3, 0.4) is 0 Å². The largest absolute Gasteiger partial charge is 0.480 e. The third-order valence-corrected chi connectivity index (χ3v) is 4.05. The molecule has 0 aliphatic heterocycles. The Morgan fingerprint density at radius 2 is 2.00 bits per heavy atom. The van der Waals surface area contributed by atoms with Crippen molar-refractivity contribution in [2.24, 2.45) is 5.41 Å². The highest BCUT2D eigenvalue weighted by Crippen LogP contribution is 2.53. The summed E-state index contributed by atoms with van der Waals surface area (Å²) in [6.07, 6.45) is -3.34. The number of fused-ring (bicyclic) bond motifs is 1. The van der Waals surface area contributed by atoms with Gasteiger partial charge in [0, 0.05) is 16.5 Å². The molecule has 0 fully saturated rings. The molecule has 2 rings (SSSR count). The molecule has 2 atom stereocenters. The minimum Gasteiger partial charge on any atom is -0.480 e. The van der Waals surface area contributed by atoms with Gasteiger partial charge in [-0.15, -0.1) is 0 Å². The third-order valence-electron chi connectivity index (χ3n) is 3.54. The Hall–Kier alpha value is -1.20. The van der Waals surface area contributed by atoms with Crippen LogP contribution in [-0.2, 0) is 4.79 Å². The summed E-state index contributed by atoms with van der Waals surface area (Å²) in [6.45, 7) is 1.26. The summed E-state index contributed by atoms with van der Waals surface area (Å²) in [5, 5.41) is 9.19. The Balaban J connectivity index is 2.77. The minimum absolute atomic E-state index is 0.108. The number of rotatable bonds is 2. The minimum atomic E-state index is -3.34. The molecular formula is C12H8Cl2F2O3. The molecular weight excluding hydrogens is 301 g/mol. The predicted molar refractivity (Wildman–Crippen MR) is 65.3 cm³/mol. The maximum atomic E-state index is 13.3. The molecule has 7 heteroatoms. The van der Waals surface area contributed by atoms with Gasteiger partial charge in [-0.05, 0) is 17.7 Å². The van der Waals surface area contributed by atoms with Crippen molar-refractivity contribution < 1.29 is 23.5 Å². The Bertz CT molecular complexity index is 589. The van der Waals surface area contributed by atoms with E-state index in [1.165, 1.54) is 19.1 Å². The normalized spacial score (nSPS) is 25.8.